The van der Waals surface area contributed by atoms with Gasteiger partial charge in [0.1, 0.15) is 0 Å². The highest BCUT2D eigenvalue weighted by molar-refractivity contribution is 7.90. The molecule has 0 aliphatic heterocycles. The van der Waals surface area contributed by atoms with Gasteiger partial charge in [0.25, 0.3) is 0 Å². The lowest BCUT2D eigenvalue weighted by molar-refractivity contribution is 0.382. The van der Waals surface area contributed by atoms with Gasteiger partial charge < -0.3 is 5.73 Å². The van der Waals surface area contributed by atoms with Crippen molar-refractivity contribution in [3.8, 4) is 0 Å². The van der Waals surface area contributed by atoms with Gasteiger partial charge in [-0.15, -0.1) is 0 Å². The maximum atomic E-state index is 11.4. The van der Waals surface area contributed by atoms with Crippen LogP contribution in [0.4, 0.5) is 0 Å². The van der Waals surface area contributed by atoms with Crippen molar-refractivity contribution in [3.63, 3.8) is 0 Å². The second-order valence-electron chi connectivity index (χ2n) is 5.62. The first kappa shape index (κ1) is 14.5. The van der Waals surface area contributed by atoms with E-state index in [0.717, 1.165) is 5.56 Å². The van der Waals surface area contributed by atoms with Crippen molar-refractivity contribution < 1.29 is 8.42 Å². The first-order valence-corrected chi connectivity index (χ1v) is 8.93. The first-order valence-electron chi connectivity index (χ1n) is 7.04. The fourth-order valence-corrected chi connectivity index (χ4v) is 3.51. The fourth-order valence-electron chi connectivity index (χ4n) is 2.88. The van der Waals surface area contributed by atoms with E-state index >= 15 is 0 Å². The average Bonchev–Trinajstić information content (AvgIpc) is 2.66. The Morgan fingerprint density at radius 3 is 2.05 bits per heavy atom. The SMILES string of the molecule is CS(=O)(=O)c1ccc(C(N)C2CCCCCC2)cc1. The van der Waals surface area contributed by atoms with Crippen LogP contribution in [0.1, 0.15) is 50.1 Å². The second kappa shape index (κ2) is 6.06. The molecule has 4 heteroatoms. The number of nitrogens with two attached hydrogens (primary N) is 1. The van der Waals surface area contributed by atoms with Crippen LogP contribution in [0, 0.1) is 5.92 Å². The minimum Gasteiger partial charge on any atom is -0.324 e. The van der Waals surface area contributed by atoms with Crippen LogP contribution in [0.5, 0.6) is 0 Å². The summed E-state index contributed by atoms with van der Waals surface area (Å²) in [7, 11) is -3.12. The van der Waals surface area contributed by atoms with E-state index in [1.807, 2.05) is 12.1 Å². The Kier molecular flexibility index (Phi) is 4.63. The van der Waals surface area contributed by atoms with Crippen LogP contribution in [0.15, 0.2) is 29.2 Å². The van der Waals surface area contributed by atoms with Crippen molar-refractivity contribution in [1.29, 1.82) is 0 Å². The molecule has 19 heavy (non-hydrogen) atoms. The Labute approximate surface area is 116 Å². The molecule has 1 aliphatic rings. The summed E-state index contributed by atoms with van der Waals surface area (Å²) >= 11 is 0. The van der Waals surface area contributed by atoms with E-state index in [-0.39, 0.29) is 6.04 Å². The summed E-state index contributed by atoms with van der Waals surface area (Å²) < 4.78 is 22.9. The zero-order valence-electron chi connectivity index (χ0n) is 11.5. The third-order valence-electron chi connectivity index (χ3n) is 4.10. The van der Waals surface area contributed by atoms with Crippen LogP contribution in [0.2, 0.25) is 0 Å². The monoisotopic (exact) mass is 281 g/mol. The van der Waals surface area contributed by atoms with Crippen molar-refractivity contribution in [2.75, 3.05) is 6.26 Å². The minimum absolute atomic E-state index is 0.0340. The quantitative estimate of drug-likeness (QED) is 0.866. The predicted octanol–water partition coefficient (Wildman–Crippen LogP) is 3.06. The Morgan fingerprint density at radius 2 is 1.58 bits per heavy atom. The highest BCUT2D eigenvalue weighted by Gasteiger charge is 2.21. The maximum absolute atomic E-state index is 11.4. The number of sulfone groups is 1. The summed E-state index contributed by atoms with van der Waals surface area (Å²) in [6.07, 6.45) is 8.77. The van der Waals surface area contributed by atoms with Crippen molar-refractivity contribution >= 4 is 9.84 Å². The molecule has 0 radical (unpaired) electrons. The third kappa shape index (κ3) is 3.80. The highest BCUT2D eigenvalue weighted by Crippen LogP contribution is 2.32. The summed E-state index contributed by atoms with van der Waals surface area (Å²) in [6.45, 7) is 0. The maximum Gasteiger partial charge on any atom is 0.175 e. The lowest BCUT2D eigenvalue weighted by atomic mass is 9.88. The number of benzene rings is 1. The minimum atomic E-state index is -3.12. The van der Waals surface area contributed by atoms with Crippen LogP contribution in [-0.2, 0) is 9.84 Å². The van der Waals surface area contributed by atoms with Crippen LogP contribution in [0.3, 0.4) is 0 Å². The Morgan fingerprint density at radius 1 is 1.05 bits per heavy atom. The predicted molar refractivity (Wildman–Crippen MR) is 77.7 cm³/mol. The molecular weight excluding hydrogens is 258 g/mol. The van der Waals surface area contributed by atoms with Gasteiger partial charge in [-0.05, 0) is 36.5 Å². The van der Waals surface area contributed by atoms with Gasteiger partial charge >= 0.3 is 0 Å². The van der Waals surface area contributed by atoms with E-state index in [1.54, 1.807) is 12.1 Å². The average molecular weight is 281 g/mol. The number of hydrogen-bond donors (Lipinski definition) is 1. The molecule has 2 rings (SSSR count). The van der Waals surface area contributed by atoms with Crippen molar-refractivity contribution in [1.82, 2.24) is 0 Å². The summed E-state index contributed by atoms with van der Waals surface area (Å²) in [6, 6.07) is 7.10. The van der Waals surface area contributed by atoms with Crippen LogP contribution >= 0.6 is 0 Å². The van der Waals surface area contributed by atoms with E-state index in [2.05, 4.69) is 0 Å². The molecule has 1 saturated carbocycles. The molecule has 1 aromatic carbocycles. The molecule has 1 unspecified atom stereocenters. The van der Waals surface area contributed by atoms with Crippen molar-refractivity contribution in [2.24, 2.45) is 11.7 Å². The molecule has 106 valence electrons. The topological polar surface area (TPSA) is 60.2 Å². The summed E-state index contributed by atoms with van der Waals surface area (Å²) in [5.41, 5.74) is 7.40. The molecule has 1 atom stereocenters. The zero-order valence-corrected chi connectivity index (χ0v) is 12.3. The lowest BCUT2D eigenvalue weighted by Crippen LogP contribution is -2.21. The second-order valence-corrected chi connectivity index (χ2v) is 7.63. The molecule has 1 aromatic rings. The molecule has 0 aromatic heterocycles. The summed E-state index contributed by atoms with van der Waals surface area (Å²) in [5.74, 6) is 0.534. The molecule has 1 fully saturated rings. The van der Waals surface area contributed by atoms with Gasteiger partial charge in [0.05, 0.1) is 4.90 Å². The third-order valence-corrected chi connectivity index (χ3v) is 5.23. The smallest absolute Gasteiger partial charge is 0.175 e. The number of hydrogen-bond acceptors (Lipinski definition) is 3. The van der Waals surface area contributed by atoms with E-state index < -0.39 is 9.84 Å². The molecule has 0 saturated heterocycles. The first-order chi connectivity index (χ1) is 8.98. The van der Waals surface area contributed by atoms with Crippen LogP contribution in [0.25, 0.3) is 0 Å². The standard InChI is InChI=1S/C15H23NO2S/c1-19(17,18)14-10-8-13(9-11-14)15(16)12-6-4-2-3-5-7-12/h8-12,15H,2-7,16H2,1H3. The molecular formula is C15H23NO2S. The Bertz CT molecular complexity index is 499. The Balaban J connectivity index is 2.12. The molecule has 0 bridgehead atoms. The lowest BCUT2D eigenvalue weighted by Gasteiger charge is -2.22. The van der Waals surface area contributed by atoms with Crippen molar-refractivity contribution in [3.05, 3.63) is 29.8 Å². The summed E-state index contributed by atoms with van der Waals surface area (Å²) in [4.78, 5) is 0.365. The van der Waals surface area contributed by atoms with Crippen LogP contribution in [-0.4, -0.2) is 14.7 Å². The fraction of sp³-hybridized carbons (Fsp3) is 0.600. The summed E-state index contributed by atoms with van der Waals surface area (Å²) in [5, 5.41) is 0. The normalized spacial score (nSPS) is 19.9. The van der Waals surface area contributed by atoms with Gasteiger partial charge in [-0.25, -0.2) is 8.42 Å². The van der Waals surface area contributed by atoms with Crippen molar-refractivity contribution in [2.45, 2.75) is 49.5 Å². The van der Waals surface area contributed by atoms with Gasteiger partial charge in [-0.1, -0.05) is 37.8 Å². The number of rotatable bonds is 3. The molecule has 0 spiro atoms. The van der Waals surface area contributed by atoms with Gasteiger partial charge in [-0.2, -0.15) is 0 Å². The van der Waals surface area contributed by atoms with E-state index in [0.29, 0.717) is 10.8 Å². The molecule has 1 aliphatic carbocycles. The van der Waals surface area contributed by atoms with E-state index in [1.165, 1.54) is 44.8 Å². The largest absolute Gasteiger partial charge is 0.324 e. The molecule has 0 amide bonds. The molecule has 0 heterocycles. The molecule has 2 N–H and O–H groups in total. The van der Waals surface area contributed by atoms with E-state index in [9.17, 15) is 8.42 Å². The zero-order chi connectivity index (χ0) is 13.9. The Hall–Kier alpha value is -0.870. The van der Waals surface area contributed by atoms with Gasteiger partial charge in [-0.3, -0.25) is 0 Å². The van der Waals surface area contributed by atoms with Crippen LogP contribution < -0.4 is 5.73 Å². The molecule has 3 nitrogen and oxygen atoms in total. The van der Waals surface area contributed by atoms with E-state index in [4.69, 9.17) is 5.73 Å². The van der Waals surface area contributed by atoms with Gasteiger partial charge in [0.2, 0.25) is 0 Å². The van der Waals surface area contributed by atoms with Gasteiger partial charge in [0, 0.05) is 12.3 Å². The highest BCUT2D eigenvalue weighted by atomic mass is 32.2. The van der Waals surface area contributed by atoms with Gasteiger partial charge in [0.15, 0.2) is 9.84 Å².